The van der Waals surface area contributed by atoms with E-state index >= 15 is 0 Å². The highest BCUT2D eigenvalue weighted by molar-refractivity contribution is 7.89. The van der Waals surface area contributed by atoms with Crippen molar-refractivity contribution in [1.29, 1.82) is 0 Å². The minimum absolute atomic E-state index is 0.188. The summed E-state index contributed by atoms with van der Waals surface area (Å²) in [5, 5.41) is 2.83. The van der Waals surface area contributed by atoms with Crippen LogP contribution in [-0.4, -0.2) is 37.3 Å². The fraction of sp³-hybridized carbons (Fsp3) is 0.389. The van der Waals surface area contributed by atoms with Gasteiger partial charge in [-0.05, 0) is 58.0 Å². The predicted octanol–water partition coefficient (Wildman–Crippen LogP) is 3.19. The molecule has 25 heavy (non-hydrogen) atoms. The molecule has 1 aromatic carbocycles. The Labute approximate surface area is 149 Å². The molecule has 0 aliphatic rings. The van der Waals surface area contributed by atoms with Crippen LogP contribution in [0.2, 0.25) is 0 Å². The Morgan fingerprint density at radius 2 is 1.68 bits per heavy atom. The van der Waals surface area contributed by atoms with Crippen molar-refractivity contribution in [3.05, 3.63) is 47.3 Å². The molecule has 1 amide bonds. The average Bonchev–Trinajstić information content (AvgIpc) is 2.82. The molecule has 0 saturated carbocycles. The van der Waals surface area contributed by atoms with Crippen molar-refractivity contribution < 1.29 is 13.2 Å². The van der Waals surface area contributed by atoms with E-state index in [1.807, 2.05) is 19.9 Å². The molecule has 0 fully saturated rings. The molecule has 2 rings (SSSR count). The van der Waals surface area contributed by atoms with Crippen LogP contribution < -0.4 is 5.32 Å². The van der Waals surface area contributed by atoms with E-state index in [2.05, 4.69) is 23.7 Å². The molecule has 1 aromatic heterocycles. The fourth-order valence-corrected chi connectivity index (χ4v) is 3.82. The van der Waals surface area contributed by atoms with Crippen molar-refractivity contribution in [3.8, 4) is 0 Å². The van der Waals surface area contributed by atoms with Crippen molar-refractivity contribution in [2.75, 3.05) is 19.4 Å². The van der Waals surface area contributed by atoms with Gasteiger partial charge < -0.3 is 9.88 Å². The summed E-state index contributed by atoms with van der Waals surface area (Å²) >= 11 is 0. The molecule has 0 saturated heterocycles. The number of rotatable bonds is 5. The van der Waals surface area contributed by atoms with Crippen LogP contribution in [0.1, 0.15) is 41.6 Å². The molecule has 6 nitrogen and oxygen atoms in total. The lowest BCUT2D eigenvalue weighted by Gasteiger charge is -2.14. The van der Waals surface area contributed by atoms with Gasteiger partial charge in [-0.1, -0.05) is 0 Å². The molecule has 0 aliphatic carbocycles. The van der Waals surface area contributed by atoms with E-state index in [1.54, 1.807) is 12.1 Å². The molecule has 0 aliphatic heterocycles. The van der Waals surface area contributed by atoms with Gasteiger partial charge in [0.25, 0.3) is 5.91 Å². The summed E-state index contributed by atoms with van der Waals surface area (Å²) in [6, 6.07) is 8.31. The quantitative estimate of drug-likeness (QED) is 0.887. The summed E-state index contributed by atoms with van der Waals surface area (Å²) in [5.74, 6) is -0.205. The van der Waals surface area contributed by atoms with Crippen LogP contribution in [-0.2, 0) is 10.0 Å². The maximum atomic E-state index is 12.6. The molecule has 0 radical (unpaired) electrons. The minimum atomic E-state index is -3.48. The van der Waals surface area contributed by atoms with Gasteiger partial charge in [-0.15, -0.1) is 0 Å². The summed E-state index contributed by atoms with van der Waals surface area (Å²) in [6.45, 7) is 8.05. The van der Waals surface area contributed by atoms with Crippen LogP contribution in [0.3, 0.4) is 0 Å². The van der Waals surface area contributed by atoms with Crippen molar-refractivity contribution in [2.24, 2.45) is 0 Å². The van der Waals surface area contributed by atoms with E-state index in [-0.39, 0.29) is 16.8 Å². The third-order valence-corrected chi connectivity index (χ3v) is 5.97. The summed E-state index contributed by atoms with van der Waals surface area (Å²) in [7, 11) is -0.512. The molecule has 1 N–H and O–H groups in total. The lowest BCUT2D eigenvalue weighted by Crippen LogP contribution is -2.22. The number of aromatic nitrogens is 1. The Hall–Kier alpha value is -2.12. The van der Waals surface area contributed by atoms with Crippen molar-refractivity contribution in [1.82, 2.24) is 8.87 Å². The van der Waals surface area contributed by atoms with Gasteiger partial charge in [0.15, 0.2) is 0 Å². The Kier molecular flexibility index (Phi) is 5.39. The second kappa shape index (κ2) is 7.01. The van der Waals surface area contributed by atoms with Gasteiger partial charge in [0, 0.05) is 37.2 Å². The van der Waals surface area contributed by atoms with Gasteiger partial charge in [-0.3, -0.25) is 4.79 Å². The Bertz CT molecular complexity index is 879. The van der Waals surface area contributed by atoms with Gasteiger partial charge in [-0.25, -0.2) is 12.7 Å². The largest absolute Gasteiger partial charge is 0.346 e. The number of amides is 1. The first-order valence-electron chi connectivity index (χ1n) is 8.08. The number of benzene rings is 1. The van der Waals surface area contributed by atoms with Crippen LogP contribution in [0.25, 0.3) is 0 Å². The molecule has 0 atom stereocenters. The Morgan fingerprint density at radius 3 is 2.12 bits per heavy atom. The van der Waals surface area contributed by atoms with Gasteiger partial charge >= 0.3 is 0 Å². The Morgan fingerprint density at radius 1 is 1.12 bits per heavy atom. The highest BCUT2D eigenvalue weighted by Crippen LogP contribution is 2.22. The molecular weight excluding hydrogens is 338 g/mol. The molecule has 0 bridgehead atoms. The number of nitrogens with zero attached hydrogens (tertiary/aromatic N) is 2. The number of aryl methyl sites for hydroxylation is 1. The van der Waals surface area contributed by atoms with E-state index in [0.717, 1.165) is 15.7 Å². The fourth-order valence-electron chi connectivity index (χ4n) is 2.92. The first-order valence-corrected chi connectivity index (χ1v) is 9.52. The van der Waals surface area contributed by atoms with Crippen molar-refractivity contribution >= 4 is 21.6 Å². The second-order valence-corrected chi connectivity index (χ2v) is 8.67. The highest BCUT2D eigenvalue weighted by atomic mass is 32.2. The number of carbonyl (C=O) groups excluding carboxylic acids is 1. The molecule has 7 heteroatoms. The molecule has 0 unspecified atom stereocenters. The molecule has 0 spiro atoms. The summed E-state index contributed by atoms with van der Waals surface area (Å²) in [6.07, 6.45) is 0. The van der Waals surface area contributed by atoms with E-state index in [0.29, 0.717) is 11.3 Å². The van der Waals surface area contributed by atoms with E-state index in [1.165, 1.54) is 26.2 Å². The number of carbonyl (C=O) groups is 1. The average molecular weight is 363 g/mol. The third-order valence-electron chi connectivity index (χ3n) is 4.14. The van der Waals surface area contributed by atoms with Gasteiger partial charge in [0.2, 0.25) is 10.0 Å². The van der Waals surface area contributed by atoms with Gasteiger partial charge in [-0.2, -0.15) is 0 Å². The van der Waals surface area contributed by atoms with Crippen LogP contribution in [0.4, 0.5) is 5.69 Å². The summed E-state index contributed by atoms with van der Waals surface area (Å²) < 4.78 is 27.4. The Balaban J connectivity index is 2.24. The van der Waals surface area contributed by atoms with Gasteiger partial charge in [0.05, 0.1) is 10.5 Å². The maximum Gasteiger partial charge on any atom is 0.257 e. The lowest BCUT2D eigenvalue weighted by molar-refractivity contribution is 0.102. The van der Waals surface area contributed by atoms with Gasteiger partial charge in [0.1, 0.15) is 0 Å². The first kappa shape index (κ1) is 19.2. The number of nitrogens with one attached hydrogen (secondary N) is 1. The van der Waals surface area contributed by atoms with Crippen LogP contribution in [0.5, 0.6) is 0 Å². The number of sulfonamides is 1. The smallest absolute Gasteiger partial charge is 0.257 e. The first-order chi connectivity index (χ1) is 11.6. The molecule has 136 valence electrons. The second-order valence-electron chi connectivity index (χ2n) is 6.51. The number of hydrogen-bond donors (Lipinski definition) is 1. The zero-order chi connectivity index (χ0) is 18.9. The summed E-state index contributed by atoms with van der Waals surface area (Å²) in [4.78, 5) is 12.8. The van der Waals surface area contributed by atoms with E-state index in [9.17, 15) is 13.2 Å². The van der Waals surface area contributed by atoms with E-state index < -0.39 is 10.0 Å². The van der Waals surface area contributed by atoms with Crippen molar-refractivity contribution in [2.45, 2.75) is 38.6 Å². The highest BCUT2D eigenvalue weighted by Gasteiger charge is 2.19. The van der Waals surface area contributed by atoms with Crippen molar-refractivity contribution in [3.63, 3.8) is 0 Å². The molecule has 2 aromatic rings. The zero-order valence-electron chi connectivity index (χ0n) is 15.5. The zero-order valence-corrected chi connectivity index (χ0v) is 16.3. The molecular formula is C18H25N3O3S. The lowest BCUT2D eigenvalue weighted by atomic mass is 10.2. The third kappa shape index (κ3) is 3.77. The molecule has 1 heterocycles. The van der Waals surface area contributed by atoms with Crippen LogP contribution >= 0.6 is 0 Å². The standard InChI is InChI=1S/C18H25N3O3S/c1-12(2)21-13(3)11-17(14(21)4)18(22)19-15-7-9-16(10-8-15)25(23,24)20(5)6/h7-12H,1-6H3,(H,19,22). The maximum absolute atomic E-state index is 12.6. The number of anilines is 1. The summed E-state index contributed by atoms with van der Waals surface area (Å²) in [5.41, 5.74) is 3.12. The normalized spacial score (nSPS) is 12.0. The predicted molar refractivity (Wildman–Crippen MR) is 99.6 cm³/mol. The minimum Gasteiger partial charge on any atom is -0.346 e. The number of hydrogen-bond acceptors (Lipinski definition) is 3. The van der Waals surface area contributed by atoms with Crippen LogP contribution in [0, 0.1) is 13.8 Å². The van der Waals surface area contributed by atoms with Crippen LogP contribution in [0.15, 0.2) is 35.2 Å². The van der Waals surface area contributed by atoms with E-state index in [4.69, 9.17) is 0 Å². The monoisotopic (exact) mass is 363 g/mol. The topological polar surface area (TPSA) is 71.4 Å². The SMILES string of the molecule is Cc1cc(C(=O)Nc2ccc(S(=O)(=O)N(C)C)cc2)c(C)n1C(C)C.